The molecule has 0 fully saturated rings. The number of methoxy groups -OCH3 is 2. The van der Waals surface area contributed by atoms with Gasteiger partial charge in [-0.2, -0.15) is 0 Å². The molecule has 0 unspecified atom stereocenters. The number of carbonyl (C=O) groups excluding carboxylic acids is 3. The maximum Gasteiger partial charge on any atom is 0.306 e. The Balaban J connectivity index is 4.44. The van der Waals surface area contributed by atoms with Crippen molar-refractivity contribution < 1.29 is 23.9 Å². The fourth-order valence-electron chi connectivity index (χ4n) is 2.61. The van der Waals surface area contributed by atoms with Crippen molar-refractivity contribution in [2.24, 2.45) is 0 Å². The lowest BCUT2D eigenvalue weighted by atomic mass is 10.2. The first-order chi connectivity index (χ1) is 12.3. The van der Waals surface area contributed by atoms with Crippen LogP contribution in [0.3, 0.4) is 0 Å². The van der Waals surface area contributed by atoms with E-state index in [9.17, 15) is 14.4 Å². The molecule has 0 saturated heterocycles. The van der Waals surface area contributed by atoms with Gasteiger partial charge in [0.25, 0.3) is 0 Å². The normalized spacial score (nSPS) is 11.2. The van der Waals surface area contributed by atoms with Gasteiger partial charge in [-0.1, -0.05) is 6.92 Å². The number of ether oxygens (including phenoxy) is 2. The SMILES string of the molecule is CCC(=O)CCN(CCCN(CCC(=O)OC)CCC(=O)OC)C(C)C. The number of rotatable bonds is 15. The second-order valence-electron chi connectivity index (χ2n) is 6.62. The highest BCUT2D eigenvalue weighted by atomic mass is 16.5. The van der Waals surface area contributed by atoms with Crippen LogP contribution in [0.2, 0.25) is 0 Å². The molecule has 0 rings (SSSR count). The maximum absolute atomic E-state index is 11.6. The van der Waals surface area contributed by atoms with Crippen LogP contribution in [-0.2, 0) is 23.9 Å². The minimum atomic E-state index is -0.255. The van der Waals surface area contributed by atoms with Gasteiger partial charge in [-0.05, 0) is 33.4 Å². The molecule has 0 aliphatic carbocycles. The summed E-state index contributed by atoms with van der Waals surface area (Å²) in [5.41, 5.74) is 0. The zero-order chi connectivity index (χ0) is 19.9. The highest BCUT2D eigenvalue weighted by Gasteiger charge is 2.14. The quantitative estimate of drug-likeness (QED) is 0.406. The molecule has 0 aliphatic heterocycles. The summed E-state index contributed by atoms with van der Waals surface area (Å²) >= 11 is 0. The summed E-state index contributed by atoms with van der Waals surface area (Å²) in [6.45, 7) is 9.68. The molecule has 0 heterocycles. The fraction of sp³-hybridized carbons (Fsp3) is 0.842. The maximum atomic E-state index is 11.6. The van der Waals surface area contributed by atoms with E-state index in [1.165, 1.54) is 14.2 Å². The third-order valence-corrected chi connectivity index (χ3v) is 4.44. The number of Topliss-reactive ketones (excluding diaryl/α,β-unsaturated/α-hetero) is 1. The van der Waals surface area contributed by atoms with Crippen molar-refractivity contribution in [1.29, 1.82) is 0 Å². The molecule has 0 aromatic carbocycles. The number of ketones is 1. The van der Waals surface area contributed by atoms with Crippen LogP contribution in [0.15, 0.2) is 0 Å². The number of hydrogen-bond donors (Lipinski definition) is 0. The second kappa shape index (κ2) is 14.7. The molecule has 0 spiro atoms. The van der Waals surface area contributed by atoms with E-state index in [1.54, 1.807) is 0 Å². The van der Waals surface area contributed by atoms with Crippen LogP contribution >= 0.6 is 0 Å². The smallest absolute Gasteiger partial charge is 0.306 e. The first kappa shape index (κ1) is 24.5. The van der Waals surface area contributed by atoms with E-state index in [-0.39, 0.29) is 17.7 Å². The molecule has 0 radical (unpaired) electrons. The van der Waals surface area contributed by atoms with Crippen molar-refractivity contribution in [2.45, 2.75) is 58.9 Å². The molecule has 0 aromatic rings. The molecule has 0 atom stereocenters. The van der Waals surface area contributed by atoms with E-state index < -0.39 is 0 Å². The number of esters is 2. The Morgan fingerprint density at radius 1 is 0.808 bits per heavy atom. The van der Waals surface area contributed by atoms with E-state index in [1.807, 2.05) is 6.92 Å². The van der Waals surface area contributed by atoms with Gasteiger partial charge in [-0.15, -0.1) is 0 Å². The molecule has 152 valence electrons. The largest absolute Gasteiger partial charge is 0.469 e. The highest BCUT2D eigenvalue weighted by Crippen LogP contribution is 2.05. The Hall–Kier alpha value is -1.47. The average molecular weight is 373 g/mol. The van der Waals surface area contributed by atoms with Gasteiger partial charge in [0, 0.05) is 38.5 Å². The van der Waals surface area contributed by atoms with Crippen molar-refractivity contribution in [3.8, 4) is 0 Å². The molecule has 7 nitrogen and oxygen atoms in total. The van der Waals surface area contributed by atoms with Crippen molar-refractivity contribution >= 4 is 17.7 Å². The molecule has 0 N–H and O–H groups in total. The van der Waals surface area contributed by atoms with Crippen LogP contribution in [-0.4, -0.2) is 80.5 Å². The lowest BCUT2D eigenvalue weighted by Gasteiger charge is -2.28. The summed E-state index contributed by atoms with van der Waals surface area (Å²) in [6, 6.07) is 0.373. The first-order valence-corrected chi connectivity index (χ1v) is 9.45. The molecule has 0 aliphatic rings. The highest BCUT2D eigenvalue weighted by molar-refractivity contribution is 5.78. The third kappa shape index (κ3) is 12.0. The second-order valence-corrected chi connectivity index (χ2v) is 6.62. The Morgan fingerprint density at radius 2 is 1.35 bits per heavy atom. The van der Waals surface area contributed by atoms with Gasteiger partial charge in [0.2, 0.25) is 0 Å². The van der Waals surface area contributed by atoms with Gasteiger partial charge in [-0.3, -0.25) is 14.4 Å². The molecule has 26 heavy (non-hydrogen) atoms. The summed E-state index contributed by atoms with van der Waals surface area (Å²) in [5.74, 6) is -0.224. The summed E-state index contributed by atoms with van der Waals surface area (Å²) in [5, 5.41) is 0. The molecular formula is C19H36N2O5. The lowest BCUT2D eigenvalue weighted by molar-refractivity contribution is -0.141. The van der Waals surface area contributed by atoms with Crippen molar-refractivity contribution in [3.05, 3.63) is 0 Å². The molecule has 0 saturated carbocycles. The van der Waals surface area contributed by atoms with E-state index >= 15 is 0 Å². The standard InChI is InChI=1S/C19H36N2O5/c1-6-17(22)8-15-21(16(2)3)12-7-11-20(13-9-18(23)25-4)14-10-19(24)26-5/h16H,6-15H2,1-5H3. The first-order valence-electron chi connectivity index (χ1n) is 9.45. The van der Waals surface area contributed by atoms with Crippen LogP contribution < -0.4 is 0 Å². The van der Waals surface area contributed by atoms with Gasteiger partial charge < -0.3 is 19.3 Å². The van der Waals surface area contributed by atoms with Gasteiger partial charge in [-0.25, -0.2) is 0 Å². The number of carbonyl (C=O) groups is 3. The van der Waals surface area contributed by atoms with Gasteiger partial charge in [0.05, 0.1) is 27.1 Å². The zero-order valence-corrected chi connectivity index (χ0v) is 17.1. The van der Waals surface area contributed by atoms with E-state index in [0.29, 0.717) is 44.8 Å². The predicted octanol–water partition coefficient (Wildman–Crippen LogP) is 1.88. The third-order valence-electron chi connectivity index (χ3n) is 4.44. The molecular weight excluding hydrogens is 336 g/mol. The Morgan fingerprint density at radius 3 is 1.77 bits per heavy atom. The van der Waals surface area contributed by atoms with E-state index in [4.69, 9.17) is 0 Å². The van der Waals surface area contributed by atoms with Crippen LogP contribution in [0.4, 0.5) is 0 Å². The summed E-state index contributed by atoms with van der Waals surface area (Å²) in [7, 11) is 2.75. The van der Waals surface area contributed by atoms with Gasteiger partial charge >= 0.3 is 11.9 Å². The van der Waals surface area contributed by atoms with E-state index in [2.05, 4.69) is 33.1 Å². The topological polar surface area (TPSA) is 76.2 Å². The summed E-state index contributed by atoms with van der Waals surface area (Å²) in [6.07, 6.45) is 2.68. The van der Waals surface area contributed by atoms with Crippen molar-refractivity contribution in [3.63, 3.8) is 0 Å². The van der Waals surface area contributed by atoms with Crippen molar-refractivity contribution in [2.75, 3.05) is 46.9 Å². The summed E-state index contributed by atoms with van der Waals surface area (Å²) < 4.78 is 9.38. The van der Waals surface area contributed by atoms with Crippen molar-refractivity contribution in [1.82, 2.24) is 9.80 Å². The van der Waals surface area contributed by atoms with E-state index in [0.717, 1.165) is 26.1 Å². The molecule has 7 heteroatoms. The number of nitrogens with zero attached hydrogens (tertiary/aromatic N) is 2. The van der Waals surface area contributed by atoms with Crippen LogP contribution in [0.1, 0.15) is 52.9 Å². The lowest BCUT2D eigenvalue weighted by Crippen LogP contribution is -2.37. The Kier molecular flexibility index (Phi) is 13.8. The number of hydrogen-bond acceptors (Lipinski definition) is 7. The van der Waals surface area contributed by atoms with Gasteiger partial charge in [0.15, 0.2) is 0 Å². The minimum absolute atomic E-state index is 0.255. The predicted molar refractivity (Wildman–Crippen MR) is 101 cm³/mol. The fourth-order valence-corrected chi connectivity index (χ4v) is 2.61. The molecule has 0 bridgehead atoms. The summed E-state index contributed by atoms with van der Waals surface area (Å²) in [4.78, 5) is 38.7. The zero-order valence-electron chi connectivity index (χ0n) is 17.1. The molecule has 0 aromatic heterocycles. The molecule has 0 amide bonds. The monoisotopic (exact) mass is 372 g/mol. The minimum Gasteiger partial charge on any atom is -0.469 e. The van der Waals surface area contributed by atoms with Crippen LogP contribution in [0.5, 0.6) is 0 Å². The van der Waals surface area contributed by atoms with Gasteiger partial charge in [0.1, 0.15) is 5.78 Å². The van der Waals surface area contributed by atoms with Crippen LogP contribution in [0.25, 0.3) is 0 Å². The Bertz CT molecular complexity index is 406. The Labute approximate surface area is 158 Å². The average Bonchev–Trinajstić information content (AvgIpc) is 2.64. The van der Waals surface area contributed by atoms with Crippen LogP contribution in [0, 0.1) is 0 Å².